The molecule has 3 heteroatoms. The highest BCUT2D eigenvalue weighted by Crippen LogP contribution is 2.41. The van der Waals surface area contributed by atoms with Gasteiger partial charge < -0.3 is 15.2 Å². The minimum atomic E-state index is 0.0822. The second kappa shape index (κ2) is 5.83. The van der Waals surface area contributed by atoms with E-state index in [0.717, 1.165) is 30.8 Å². The van der Waals surface area contributed by atoms with Gasteiger partial charge in [-0.3, -0.25) is 0 Å². The van der Waals surface area contributed by atoms with Gasteiger partial charge in [-0.25, -0.2) is 0 Å². The minimum absolute atomic E-state index is 0.0822. The van der Waals surface area contributed by atoms with Crippen molar-refractivity contribution in [2.45, 2.75) is 39.0 Å². The molecule has 0 spiro atoms. The average molecular weight is 263 g/mol. The third kappa shape index (κ3) is 3.03. The van der Waals surface area contributed by atoms with E-state index in [1.807, 2.05) is 6.07 Å². The first-order valence-electron chi connectivity index (χ1n) is 7.13. The Bertz CT molecular complexity index is 419. The Morgan fingerprint density at radius 1 is 1.37 bits per heavy atom. The lowest BCUT2D eigenvalue weighted by Gasteiger charge is -2.40. The molecule has 1 aliphatic carbocycles. The maximum Gasteiger partial charge on any atom is 0.141 e. The van der Waals surface area contributed by atoms with Gasteiger partial charge in [-0.2, -0.15) is 0 Å². The molecule has 0 unspecified atom stereocenters. The number of methoxy groups -OCH3 is 1. The van der Waals surface area contributed by atoms with Crippen molar-refractivity contribution in [1.82, 2.24) is 0 Å². The van der Waals surface area contributed by atoms with Gasteiger partial charge >= 0.3 is 0 Å². The predicted octanol–water partition coefficient (Wildman–Crippen LogP) is 3.39. The van der Waals surface area contributed by atoms with Crippen LogP contribution in [0.1, 0.15) is 44.6 Å². The summed E-state index contributed by atoms with van der Waals surface area (Å²) in [4.78, 5) is 0. The van der Waals surface area contributed by atoms with Crippen LogP contribution in [0.3, 0.4) is 0 Å². The summed E-state index contributed by atoms with van der Waals surface area (Å²) in [6, 6.07) is 6.29. The van der Waals surface area contributed by atoms with Gasteiger partial charge in [-0.15, -0.1) is 0 Å². The summed E-state index contributed by atoms with van der Waals surface area (Å²) < 4.78 is 5.41. The fraction of sp³-hybridized carbons (Fsp3) is 0.625. The van der Waals surface area contributed by atoms with E-state index in [2.05, 4.69) is 31.3 Å². The van der Waals surface area contributed by atoms with E-state index in [-0.39, 0.29) is 12.0 Å². The van der Waals surface area contributed by atoms with Crippen molar-refractivity contribution in [3.05, 3.63) is 23.8 Å². The first-order chi connectivity index (χ1) is 9.10. The largest absolute Gasteiger partial charge is 0.495 e. The highest BCUT2D eigenvalue weighted by atomic mass is 16.5. The highest BCUT2D eigenvalue weighted by Gasteiger charge is 2.36. The topological polar surface area (TPSA) is 41.5 Å². The lowest BCUT2D eigenvalue weighted by Crippen LogP contribution is -2.39. The van der Waals surface area contributed by atoms with Crippen molar-refractivity contribution in [3.8, 4) is 5.75 Å². The molecule has 0 bridgehead atoms. The van der Waals surface area contributed by atoms with E-state index in [0.29, 0.717) is 5.92 Å². The van der Waals surface area contributed by atoms with Crippen LogP contribution in [-0.2, 0) is 0 Å². The maximum absolute atomic E-state index is 9.51. The first kappa shape index (κ1) is 14.2. The molecule has 0 aliphatic heterocycles. The summed E-state index contributed by atoms with van der Waals surface area (Å²) in [5.74, 6) is 1.37. The fourth-order valence-electron chi connectivity index (χ4n) is 2.57. The first-order valence-corrected chi connectivity index (χ1v) is 7.13. The van der Waals surface area contributed by atoms with Gasteiger partial charge in [-0.1, -0.05) is 26.3 Å². The van der Waals surface area contributed by atoms with Crippen molar-refractivity contribution in [2.75, 3.05) is 25.6 Å². The number of rotatable bonds is 6. The van der Waals surface area contributed by atoms with Gasteiger partial charge in [0.05, 0.1) is 19.4 Å². The van der Waals surface area contributed by atoms with Crippen LogP contribution in [0.25, 0.3) is 0 Å². The van der Waals surface area contributed by atoms with E-state index >= 15 is 0 Å². The number of aliphatic hydroxyl groups excluding tert-OH is 1. The zero-order chi connectivity index (χ0) is 13.9. The molecule has 0 heterocycles. The Labute approximate surface area is 116 Å². The fourth-order valence-corrected chi connectivity index (χ4v) is 2.57. The Kier molecular flexibility index (Phi) is 4.35. The molecule has 1 aromatic carbocycles. The van der Waals surface area contributed by atoms with Crippen LogP contribution in [0.5, 0.6) is 5.75 Å². The Hall–Kier alpha value is -1.22. The Balaban J connectivity index is 2.11. The summed E-state index contributed by atoms with van der Waals surface area (Å²) in [5, 5.41) is 13.0. The third-order valence-corrected chi connectivity index (χ3v) is 4.29. The van der Waals surface area contributed by atoms with Gasteiger partial charge in [0, 0.05) is 12.0 Å². The third-order valence-electron chi connectivity index (χ3n) is 4.29. The zero-order valence-corrected chi connectivity index (χ0v) is 12.2. The normalized spacial score (nSPS) is 17.1. The van der Waals surface area contributed by atoms with Crippen LogP contribution < -0.4 is 10.1 Å². The van der Waals surface area contributed by atoms with Crippen LogP contribution in [0, 0.1) is 5.41 Å². The van der Waals surface area contributed by atoms with Gasteiger partial charge in [0.15, 0.2) is 0 Å². The molecular formula is C16H25NO2. The molecule has 1 saturated carbocycles. The molecule has 1 aromatic rings. The number of hydrogen-bond acceptors (Lipinski definition) is 3. The second-order valence-electron chi connectivity index (χ2n) is 5.98. The maximum atomic E-state index is 9.51. The van der Waals surface area contributed by atoms with Gasteiger partial charge in [0.2, 0.25) is 0 Å². The Morgan fingerprint density at radius 2 is 2.11 bits per heavy atom. The molecule has 0 saturated heterocycles. The van der Waals surface area contributed by atoms with E-state index in [9.17, 15) is 5.11 Å². The smallest absolute Gasteiger partial charge is 0.141 e. The van der Waals surface area contributed by atoms with Gasteiger partial charge in [0.1, 0.15) is 5.75 Å². The van der Waals surface area contributed by atoms with Crippen molar-refractivity contribution >= 4 is 5.69 Å². The molecule has 106 valence electrons. The minimum Gasteiger partial charge on any atom is -0.495 e. The summed E-state index contributed by atoms with van der Waals surface area (Å²) in [6.07, 6.45) is 3.46. The summed E-state index contributed by atoms with van der Waals surface area (Å²) >= 11 is 0. The van der Waals surface area contributed by atoms with Gasteiger partial charge in [-0.05, 0) is 36.5 Å². The standard InChI is InChI=1S/C16H25NO2/c1-12(2)13-5-6-15(19-3)14(9-13)17-10-16(11-18)7-4-8-16/h5-6,9,12,17-18H,4,7-8,10-11H2,1-3H3. The molecule has 2 N–H and O–H groups in total. The predicted molar refractivity (Wildman–Crippen MR) is 78.9 cm³/mol. The molecule has 0 atom stereocenters. The Morgan fingerprint density at radius 3 is 2.58 bits per heavy atom. The lowest BCUT2D eigenvalue weighted by atomic mass is 9.69. The van der Waals surface area contributed by atoms with Gasteiger partial charge in [0.25, 0.3) is 0 Å². The molecule has 0 amide bonds. The van der Waals surface area contributed by atoms with Crippen molar-refractivity contribution in [2.24, 2.45) is 5.41 Å². The van der Waals surface area contributed by atoms with E-state index in [4.69, 9.17) is 4.74 Å². The number of ether oxygens (including phenoxy) is 1. The molecule has 3 nitrogen and oxygen atoms in total. The van der Waals surface area contributed by atoms with E-state index in [1.165, 1.54) is 12.0 Å². The molecule has 0 radical (unpaired) electrons. The molecule has 1 fully saturated rings. The van der Waals surface area contributed by atoms with Crippen molar-refractivity contribution in [3.63, 3.8) is 0 Å². The highest BCUT2D eigenvalue weighted by molar-refractivity contribution is 5.58. The number of nitrogens with one attached hydrogen (secondary N) is 1. The average Bonchev–Trinajstić information content (AvgIpc) is 2.37. The molecule has 19 heavy (non-hydrogen) atoms. The molecule has 2 rings (SSSR count). The van der Waals surface area contributed by atoms with Crippen molar-refractivity contribution < 1.29 is 9.84 Å². The van der Waals surface area contributed by atoms with Crippen LogP contribution >= 0.6 is 0 Å². The van der Waals surface area contributed by atoms with Crippen LogP contribution in [0.15, 0.2) is 18.2 Å². The molecular weight excluding hydrogens is 238 g/mol. The number of aliphatic hydroxyl groups is 1. The molecule has 1 aliphatic rings. The number of hydrogen-bond donors (Lipinski definition) is 2. The number of benzene rings is 1. The van der Waals surface area contributed by atoms with E-state index in [1.54, 1.807) is 7.11 Å². The van der Waals surface area contributed by atoms with Crippen molar-refractivity contribution in [1.29, 1.82) is 0 Å². The lowest BCUT2D eigenvalue weighted by molar-refractivity contribution is 0.0576. The summed E-state index contributed by atoms with van der Waals surface area (Å²) in [5.41, 5.74) is 2.42. The quantitative estimate of drug-likeness (QED) is 0.826. The monoisotopic (exact) mass is 263 g/mol. The summed E-state index contributed by atoms with van der Waals surface area (Å²) in [6.45, 7) is 5.47. The van der Waals surface area contributed by atoms with Crippen LogP contribution in [0.2, 0.25) is 0 Å². The SMILES string of the molecule is COc1ccc(C(C)C)cc1NCC1(CO)CCC1. The zero-order valence-electron chi connectivity index (χ0n) is 12.2. The van der Waals surface area contributed by atoms with Crippen LogP contribution in [0.4, 0.5) is 5.69 Å². The molecule has 0 aromatic heterocycles. The van der Waals surface area contributed by atoms with Crippen LogP contribution in [-0.4, -0.2) is 25.4 Å². The number of anilines is 1. The second-order valence-corrected chi connectivity index (χ2v) is 5.98. The van der Waals surface area contributed by atoms with E-state index < -0.39 is 0 Å². The summed E-state index contributed by atoms with van der Waals surface area (Å²) in [7, 11) is 1.70.